The molecule has 0 amide bonds. The molecule has 5 heteroatoms. The normalized spacial score (nSPS) is 12.2. The number of benzene rings is 1. The molecule has 1 aromatic rings. The summed E-state index contributed by atoms with van der Waals surface area (Å²) in [6.07, 6.45) is 0. The van der Waals surface area contributed by atoms with Gasteiger partial charge in [-0.2, -0.15) is 0 Å². The fourth-order valence-corrected chi connectivity index (χ4v) is 1.27. The van der Waals surface area contributed by atoms with E-state index in [4.69, 9.17) is 16.8 Å². The van der Waals surface area contributed by atoms with Crippen LogP contribution in [0.2, 0.25) is 5.02 Å². The topological polar surface area (TPSA) is 35.8 Å². The Labute approximate surface area is 92.8 Å². The number of rotatable bonds is 3. The molecule has 1 rings (SSSR count). The SMILES string of the molecule is CN(C)C/C(=N/O)c1ccc(Cl)c(F)c1. The number of nitrogens with zero attached hydrogens (tertiary/aromatic N) is 2. The van der Waals surface area contributed by atoms with Gasteiger partial charge in [-0.15, -0.1) is 0 Å². The third-order valence-electron chi connectivity index (χ3n) is 1.84. The average Bonchev–Trinajstić information content (AvgIpc) is 2.18. The Morgan fingerprint density at radius 3 is 2.67 bits per heavy atom. The first kappa shape index (κ1) is 11.9. The van der Waals surface area contributed by atoms with Crippen LogP contribution in [-0.4, -0.2) is 36.5 Å². The molecule has 0 spiro atoms. The third kappa shape index (κ3) is 3.18. The molecule has 0 radical (unpaired) electrons. The molecule has 0 bridgehead atoms. The van der Waals surface area contributed by atoms with Crippen LogP contribution in [0.1, 0.15) is 5.56 Å². The van der Waals surface area contributed by atoms with E-state index in [0.29, 0.717) is 17.8 Å². The van der Waals surface area contributed by atoms with Crippen molar-refractivity contribution in [2.24, 2.45) is 5.16 Å². The first-order valence-electron chi connectivity index (χ1n) is 4.35. The predicted octanol–water partition coefficient (Wildman–Crippen LogP) is 2.22. The van der Waals surface area contributed by atoms with Crippen LogP contribution in [0.3, 0.4) is 0 Å². The van der Waals surface area contributed by atoms with Gasteiger partial charge in [-0.25, -0.2) is 4.39 Å². The Hall–Kier alpha value is -1.13. The molecule has 0 fully saturated rings. The van der Waals surface area contributed by atoms with E-state index in [0.717, 1.165) is 0 Å². The fourth-order valence-electron chi connectivity index (χ4n) is 1.16. The maximum atomic E-state index is 13.1. The molecule has 0 unspecified atom stereocenters. The van der Waals surface area contributed by atoms with Crippen molar-refractivity contribution in [1.29, 1.82) is 0 Å². The summed E-state index contributed by atoms with van der Waals surface area (Å²) in [6.45, 7) is 0.428. The van der Waals surface area contributed by atoms with Crippen LogP contribution in [-0.2, 0) is 0 Å². The molecule has 0 saturated heterocycles. The maximum Gasteiger partial charge on any atom is 0.142 e. The molecule has 0 aromatic heterocycles. The third-order valence-corrected chi connectivity index (χ3v) is 2.15. The van der Waals surface area contributed by atoms with Crippen molar-refractivity contribution in [2.75, 3.05) is 20.6 Å². The van der Waals surface area contributed by atoms with Gasteiger partial charge < -0.3 is 10.1 Å². The van der Waals surface area contributed by atoms with E-state index in [9.17, 15) is 4.39 Å². The molecule has 0 aliphatic carbocycles. The highest BCUT2D eigenvalue weighted by atomic mass is 35.5. The zero-order chi connectivity index (χ0) is 11.4. The van der Waals surface area contributed by atoms with Crippen LogP contribution < -0.4 is 0 Å². The minimum atomic E-state index is -0.519. The summed E-state index contributed by atoms with van der Waals surface area (Å²) in [5, 5.41) is 12.0. The van der Waals surface area contributed by atoms with Crippen LogP contribution in [0, 0.1) is 5.82 Å². The molecule has 0 heterocycles. The van der Waals surface area contributed by atoms with E-state index < -0.39 is 5.82 Å². The van der Waals surface area contributed by atoms with Gasteiger partial charge in [0.05, 0.1) is 5.02 Å². The summed E-state index contributed by atoms with van der Waals surface area (Å²) in [7, 11) is 3.66. The second-order valence-corrected chi connectivity index (χ2v) is 3.82. The zero-order valence-electron chi connectivity index (χ0n) is 8.54. The van der Waals surface area contributed by atoms with E-state index in [-0.39, 0.29) is 5.02 Å². The molecule has 15 heavy (non-hydrogen) atoms. The van der Waals surface area contributed by atoms with Gasteiger partial charge in [0.15, 0.2) is 0 Å². The quantitative estimate of drug-likeness (QED) is 0.491. The van der Waals surface area contributed by atoms with Crippen LogP contribution in [0.4, 0.5) is 4.39 Å². The van der Waals surface area contributed by atoms with Crippen molar-refractivity contribution >= 4 is 17.3 Å². The summed E-state index contributed by atoms with van der Waals surface area (Å²) < 4.78 is 13.1. The van der Waals surface area contributed by atoms with Crippen LogP contribution >= 0.6 is 11.6 Å². The van der Waals surface area contributed by atoms with Crippen molar-refractivity contribution in [2.45, 2.75) is 0 Å². The van der Waals surface area contributed by atoms with Crippen LogP contribution in [0.25, 0.3) is 0 Å². The lowest BCUT2D eigenvalue weighted by Crippen LogP contribution is -2.22. The van der Waals surface area contributed by atoms with Gasteiger partial charge in [0, 0.05) is 12.1 Å². The van der Waals surface area contributed by atoms with E-state index in [1.54, 1.807) is 6.07 Å². The molecule has 0 aliphatic rings. The summed E-state index contributed by atoms with van der Waals surface area (Å²) >= 11 is 5.55. The maximum absolute atomic E-state index is 13.1. The number of hydrogen-bond acceptors (Lipinski definition) is 3. The largest absolute Gasteiger partial charge is 0.411 e. The first-order valence-corrected chi connectivity index (χ1v) is 4.73. The molecular weight excluding hydrogens is 219 g/mol. The van der Waals surface area contributed by atoms with Crippen molar-refractivity contribution < 1.29 is 9.60 Å². The minimum Gasteiger partial charge on any atom is -0.411 e. The lowest BCUT2D eigenvalue weighted by Gasteiger charge is -2.11. The molecule has 1 N–H and O–H groups in total. The molecule has 82 valence electrons. The second kappa shape index (κ2) is 5.09. The molecule has 0 atom stereocenters. The highest BCUT2D eigenvalue weighted by Crippen LogP contribution is 2.16. The first-order chi connectivity index (χ1) is 7.04. The van der Waals surface area contributed by atoms with Gasteiger partial charge in [-0.3, -0.25) is 0 Å². The highest BCUT2D eigenvalue weighted by molar-refractivity contribution is 6.30. The number of oxime groups is 1. The monoisotopic (exact) mass is 230 g/mol. The number of likely N-dealkylation sites (N-methyl/N-ethyl adjacent to an activating group) is 1. The number of halogens is 2. The zero-order valence-corrected chi connectivity index (χ0v) is 9.29. The van der Waals surface area contributed by atoms with Crippen molar-refractivity contribution in [3.8, 4) is 0 Å². The van der Waals surface area contributed by atoms with Gasteiger partial charge >= 0.3 is 0 Å². The summed E-state index contributed by atoms with van der Waals surface area (Å²) in [6, 6.07) is 4.30. The fraction of sp³-hybridized carbons (Fsp3) is 0.300. The smallest absolute Gasteiger partial charge is 0.142 e. The molecular formula is C10H12ClFN2O. The Balaban J connectivity index is 2.98. The van der Waals surface area contributed by atoms with E-state index in [1.165, 1.54) is 12.1 Å². The molecule has 3 nitrogen and oxygen atoms in total. The summed E-state index contributed by atoms with van der Waals surface area (Å²) in [5.74, 6) is -0.519. The molecule has 1 aromatic carbocycles. The van der Waals surface area contributed by atoms with Gasteiger partial charge in [0.25, 0.3) is 0 Å². The molecule has 0 aliphatic heterocycles. The van der Waals surface area contributed by atoms with Gasteiger partial charge in [0.1, 0.15) is 11.5 Å². The Bertz CT molecular complexity index is 380. The lowest BCUT2D eigenvalue weighted by atomic mass is 10.1. The van der Waals surface area contributed by atoms with E-state index in [1.807, 2.05) is 19.0 Å². The summed E-state index contributed by atoms with van der Waals surface area (Å²) in [5.41, 5.74) is 0.920. The van der Waals surface area contributed by atoms with E-state index >= 15 is 0 Å². The van der Waals surface area contributed by atoms with Crippen LogP contribution in [0.5, 0.6) is 0 Å². The lowest BCUT2D eigenvalue weighted by molar-refractivity contribution is 0.315. The average molecular weight is 231 g/mol. The summed E-state index contributed by atoms with van der Waals surface area (Å²) in [4.78, 5) is 1.82. The van der Waals surface area contributed by atoms with Gasteiger partial charge in [-0.1, -0.05) is 22.8 Å². The van der Waals surface area contributed by atoms with Crippen molar-refractivity contribution in [3.05, 3.63) is 34.6 Å². The second-order valence-electron chi connectivity index (χ2n) is 3.41. The van der Waals surface area contributed by atoms with Crippen molar-refractivity contribution in [1.82, 2.24) is 4.90 Å². The van der Waals surface area contributed by atoms with Crippen molar-refractivity contribution in [3.63, 3.8) is 0 Å². The molecule has 0 saturated carbocycles. The Morgan fingerprint density at radius 1 is 1.53 bits per heavy atom. The predicted molar refractivity (Wildman–Crippen MR) is 58.3 cm³/mol. The minimum absolute atomic E-state index is 0.0564. The Kier molecular flexibility index (Phi) is 4.05. The highest BCUT2D eigenvalue weighted by Gasteiger charge is 2.08. The Morgan fingerprint density at radius 2 is 2.20 bits per heavy atom. The number of hydrogen-bond donors (Lipinski definition) is 1. The van der Waals surface area contributed by atoms with Gasteiger partial charge in [0.2, 0.25) is 0 Å². The van der Waals surface area contributed by atoms with E-state index in [2.05, 4.69) is 5.16 Å². The van der Waals surface area contributed by atoms with Gasteiger partial charge in [-0.05, 0) is 26.2 Å². The standard InChI is InChI=1S/C10H12ClFN2O/c1-14(2)6-10(13-15)7-3-4-8(11)9(12)5-7/h3-5,15H,6H2,1-2H3/b13-10-. The van der Waals surface area contributed by atoms with Crippen LogP contribution in [0.15, 0.2) is 23.4 Å².